The molecule has 1 heterocycles. The molecule has 0 saturated heterocycles. The quantitative estimate of drug-likeness (QED) is 0.486. The fourth-order valence-electron chi connectivity index (χ4n) is 1.23. The molecule has 0 unspecified atom stereocenters. The van der Waals surface area contributed by atoms with Gasteiger partial charge < -0.3 is 0 Å². The molecule has 2 aromatic rings. The third-order valence-corrected chi connectivity index (χ3v) is 1.79. The molecule has 0 aliphatic carbocycles. The van der Waals surface area contributed by atoms with Gasteiger partial charge in [-0.3, -0.25) is 4.98 Å². The van der Waals surface area contributed by atoms with Gasteiger partial charge in [-0.2, -0.15) is 4.99 Å². The van der Waals surface area contributed by atoms with Crippen LogP contribution in [0.4, 0.5) is 5.69 Å². The Hall–Kier alpha value is -1.99. The Morgan fingerprint density at radius 3 is 3.00 bits per heavy atom. The summed E-state index contributed by atoms with van der Waals surface area (Å²) in [6.07, 6.45) is 3.23. The van der Waals surface area contributed by atoms with Crippen LogP contribution in [0.1, 0.15) is 0 Å². The molecule has 0 bridgehead atoms. The number of hydrogen-bond acceptors (Lipinski definition) is 3. The van der Waals surface area contributed by atoms with Crippen LogP contribution in [0.5, 0.6) is 0 Å². The van der Waals surface area contributed by atoms with Gasteiger partial charge in [-0.1, -0.05) is 6.07 Å². The predicted octanol–water partition coefficient (Wildman–Crippen LogP) is 2.20. The van der Waals surface area contributed by atoms with Crippen LogP contribution in [-0.4, -0.2) is 11.1 Å². The molecule has 0 N–H and O–H groups in total. The molecule has 1 aromatic carbocycles. The second kappa shape index (κ2) is 3.17. The van der Waals surface area contributed by atoms with Gasteiger partial charge in [0.05, 0.1) is 11.2 Å². The fraction of sp³-hybridized carbons (Fsp3) is 0. The lowest BCUT2D eigenvalue weighted by atomic mass is 10.2. The number of nitrogens with zero attached hydrogens (tertiary/aromatic N) is 2. The third kappa shape index (κ3) is 1.33. The van der Waals surface area contributed by atoms with E-state index in [2.05, 4.69) is 9.98 Å². The number of isocyanates is 1. The Morgan fingerprint density at radius 1 is 1.23 bits per heavy atom. The van der Waals surface area contributed by atoms with E-state index < -0.39 is 0 Å². The van der Waals surface area contributed by atoms with Crippen molar-refractivity contribution in [3.63, 3.8) is 0 Å². The first-order chi connectivity index (χ1) is 6.42. The van der Waals surface area contributed by atoms with Crippen LogP contribution >= 0.6 is 0 Å². The summed E-state index contributed by atoms with van der Waals surface area (Å²) in [6, 6.07) is 9.13. The summed E-state index contributed by atoms with van der Waals surface area (Å²) in [4.78, 5) is 17.8. The first kappa shape index (κ1) is 7.65. The van der Waals surface area contributed by atoms with Crippen molar-refractivity contribution in [1.29, 1.82) is 0 Å². The van der Waals surface area contributed by atoms with Gasteiger partial charge >= 0.3 is 0 Å². The molecule has 3 heteroatoms. The summed E-state index contributed by atoms with van der Waals surface area (Å²) >= 11 is 0. The van der Waals surface area contributed by atoms with Gasteiger partial charge in [0.15, 0.2) is 0 Å². The van der Waals surface area contributed by atoms with E-state index in [0.29, 0.717) is 5.69 Å². The smallest absolute Gasteiger partial charge is 0.240 e. The Balaban J connectivity index is 2.82. The Kier molecular flexibility index (Phi) is 1.87. The Morgan fingerprint density at radius 2 is 2.15 bits per heavy atom. The van der Waals surface area contributed by atoms with Gasteiger partial charge in [0.2, 0.25) is 6.08 Å². The average Bonchev–Trinajstić information content (AvgIpc) is 2.19. The zero-order valence-electron chi connectivity index (χ0n) is 6.77. The number of aliphatic imine (C=N–C) groups is 1. The largest absolute Gasteiger partial charge is 0.256 e. The molecule has 0 aliphatic rings. The van der Waals surface area contributed by atoms with Crippen molar-refractivity contribution in [2.45, 2.75) is 0 Å². The number of rotatable bonds is 1. The zero-order valence-corrected chi connectivity index (χ0v) is 6.77. The first-order valence-corrected chi connectivity index (χ1v) is 3.83. The van der Waals surface area contributed by atoms with E-state index in [1.807, 2.05) is 24.3 Å². The highest BCUT2D eigenvalue weighted by Gasteiger charge is 1.97. The maximum atomic E-state index is 10.1. The molecule has 13 heavy (non-hydrogen) atoms. The first-order valence-electron chi connectivity index (χ1n) is 3.83. The van der Waals surface area contributed by atoms with Gasteiger partial charge in [-0.05, 0) is 24.3 Å². The van der Waals surface area contributed by atoms with Crippen molar-refractivity contribution >= 4 is 22.7 Å². The summed E-state index contributed by atoms with van der Waals surface area (Å²) in [5.41, 5.74) is 1.44. The maximum Gasteiger partial charge on any atom is 0.240 e. The van der Waals surface area contributed by atoms with Crippen molar-refractivity contribution in [2.24, 2.45) is 4.99 Å². The highest BCUT2D eigenvalue weighted by Crippen LogP contribution is 2.23. The molecule has 0 saturated carbocycles. The third-order valence-electron chi connectivity index (χ3n) is 1.79. The van der Waals surface area contributed by atoms with E-state index >= 15 is 0 Å². The SMILES string of the molecule is O=C=Nc1cccc2ncccc12. The molecule has 3 nitrogen and oxygen atoms in total. The fourth-order valence-corrected chi connectivity index (χ4v) is 1.23. The van der Waals surface area contributed by atoms with Crippen LogP contribution in [0.3, 0.4) is 0 Å². The van der Waals surface area contributed by atoms with Crippen LogP contribution in [0.2, 0.25) is 0 Å². The number of pyridine rings is 1. The van der Waals surface area contributed by atoms with Crippen LogP contribution in [0.15, 0.2) is 41.5 Å². The normalized spacial score (nSPS) is 9.54. The van der Waals surface area contributed by atoms with E-state index in [0.717, 1.165) is 10.9 Å². The summed E-state index contributed by atoms with van der Waals surface area (Å²) in [5, 5.41) is 0.869. The predicted molar refractivity (Wildman–Crippen MR) is 49.5 cm³/mol. The number of aromatic nitrogens is 1. The zero-order chi connectivity index (χ0) is 9.10. The maximum absolute atomic E-state index is 10.1. The minimum Gasteiger partial charge on any atom is -0.256 e. The molecule has 1 aromatic heterocycles. The van der Waals surface area contributed by atoms with Crippen LogP contribution in [0.25, 0.3) is 10.9 Å². The molecule has 0 spiro atoms. The number of benzene rings is 1. The molecule has 0 amide bonds. The van der Waals surface area contributed by atoms with E-state index in [-0.39, 0.29) is 0 Å². The van der Waals surface area contributed by atoms with Crippen LogP contribution in [-0.2, 0) is 4.79 Å². The number of carbonyl (C=O) groups excluding carboxylic acids is 1. The van der Waals surface area contributed by atoms with E-state index in [1.54, 1.807) is 12.3 Å². The van der Waals surface area contributed by atoms with Gasteiger partial charge in [-0.15, -0.1) is 0 Å². The van der Waals surface area contributed by atoms with Gasteiger partial charge in [0.1, 0.15) is 0 Å². The average molecular weight is 170 g/mol. The highest BCUT2D eigenvalue weighted by molar-refractivity contribution is 5.90. The summed E-state index contributed by atoms with van der Waals surface area (Å²) in [6.45, 7) is 0. The minimum atomic E-state index is 0.612. The Bertz CT molecular complexity index is 482. The van der Waals surface area contributed by atoms with Gasteiger partial charge in [-0.25, -0.2) is 4.79 Å². The molecular weight excluding hydrogens is 164 g/mol. The van der Waals surface area contributed by atoms with Crippen molar-refractivity contribution in [3.8, 4) is 0 Å². The van der Waals surface area contributed by atoms with Gasteiger partial charge in [0.25, 0.3) is 0 Å². The second-order valence-electron chi connectivity index (χ2n) is 2.55. The molecule has 0 fully saturated rings. The van der Waals surface area contributed by atoms with E-state index in [4.69, 9.17) is 0 Å². The molecule has 0 atom stereocenters. The van der Waals surface area contributed by atoms with Crippen molar-refractivity contribution < 1.29 is 4.79 Å². The molecule has 0 radical (unpaired) electrons. The van der Waals surface area contributed by atoms with Crippen molar-refractivity contribution in [2.75, 3.05) is 0 Å². The van der Waals surface area contributed by atoms with Crippen molar-refractivity contribution in [3.05, 3.63) is 36.5 Å². The standard InChI is InChI=1S/C10H6N2O/c13-7-12-10-5-1-4-9-8(10)3-2-6-11-9/h1-6H. The monoisotopic (exact) mass is 170 g/mol. The topological polar surface area (TPSA) is 42.3 Å². The van der Waals surface area contributed by atoms with Crippen molar-refractivity contribution in [1.82, 2.24) is 4.98 Å². The highest BCUT2D eigenvalue weighted by atomic mass is 16.1. The molecule has 2 rings (SSSR count). The van der Waals surface area contributed by atoms with E-state index in [9.17, 15) is 4.79 Å². The lowest BCUT2D eigenvalue weighted by molar-refractivity contribution is 0.565. The van der Waals surface area contributed by atoms with Crippen LogP contribution in [0, 0.1) is 0 Å². The van der Waals surface area contributed by atoms with E-state index in [1.165, 1.54) is 6.08 Å². The molecule has 0 aliphatic heterocycles. The van der Waals surface area contributed by atoms with Crippen LogP contribution < -0.4 is 0 Å². The summed E-state index contributed by atoms with van der Waals surface area (Å²) in [5.74, 6) is 0. The molecular formula is C10H6N2O. The lowest BCUT2D eigenvalue weighted by Gasteiger charge is -1.97. The number of hydrogen-bond donors (Lipinski definition) is 0. The summed E-state index contributed by atoms with van der Waals surface area (Å²) < 4.78 is 0. The minimum absolute atomic E-state index is 0.612. The summed E-state index contributed by atoms with van der Waals surface area (Å²) in [7, 11) is 0. The molecule has 62 valence electrons. The lowest BCUT2D eigenvalue weighted by Crippen LogP contribution is -1.76. The Labute approximate surface area is 74.8 Å². The van der Waals surface area contributed by atoms with Gasteiger partial charge in [0, 0.05) is 11.6 Å². The number of fused-ring (bicyclic) bond motifs is 1. The second-order valence-corrected chi connectivity index (χ2v) is 2.55.